The van der Waals surface area contributed by atoms with Crippen LogP contribution in [0.3, 0.4) is 0 Å². The average molecular weight is 366 g/mol. The fraction of sp³-hybridized carbons (Fsp3) is 0.400. The fourth-order valence-corrected chi connectivity index (χ4v) is 5.28. The molecule has 0 amide bonds. The Balaban J connectivity index is 1.53. The Hall–Kier alpha value is -2.18. The van der Waals surface area contributed by atoms with E-state index in [0.29, 0.717) is 17.5 Å². The van der Waals surface area contributed by atoms with Gasteiger partial charge >= 0.3 is 0 Å². The van der Waals surface area contributed by atoms with Crippen molar-refractivity contribution in [2.75, 3.05) is 18.9 Å². The minimum Gasteiger partial charge on any atom is -0.323 e. The molecule has 0 bridgehead atoms. The third-order valence-corrected chi connectivity index (χ3v) is 6.67. The Bertz CT molecular complexity index is 962. The third-order valence-electron chi connectivity index (χ3n) is 5.99. The lowest BCUT2D eigenvalue weighted by Crippen LogP contribution is -2.37. The van der Waals surface area contributed by atoms with Gasteiger partial charge in [-0.15, -0.1) is 0 Å². The number of carbonyl (C=O) groups is 1. The lowest BCUT2D eigenvalue weighted by atomic mass is 9.87. The number of thiophene rings is 1. The maximum Gasteiger partial charge on any atom is 0.193 e. The second kappa shape index (κ2) is 6.21. The molecule has 2 aliphatic rings. The number of benzene rings is 1. The molecule has 134 valence electrons. The van der Waals surface area contributed by atoms with E-state index in [9.17, 15) is 4.79 Å². The molecule has 0 spiro atoms. The van der Waals surface area contributed by atoms with Crippen molar-refractivity contribution < 1.29 is 4.79 Å². The first-order valence-electron chi connectivity index (χ1n) is 9.29. The molecule has 2 N–H and O–H groups in total. The average Bonchev–Trinajstić information content (AvgIpc) is 3.40. The zero-order valence-electron chi connectivity index (χ0n) is 14.6. The number of nitrogen functional groups attached to an aromatic ring is 1. The second-order valence-electron chi connectivity index (χ2n) is 7.46. The van der Waals surface area contributed by atoms with Crippen molar-refractivity contribution in [2.24, 2.45) is 0 Å². The number of aromatic nitrogens is 2. The number of nitrogens with zero attached hydrogens (tertiary/aromatic N) is 3. The summed E-state index contributed by atoms with van der Waals surface area (Å²) in [5.41, 5.74) is 3.42. The van der Waals surface area contributed by atoms with Crippen molar-refractivity contribution >= 4 is 28.0 Å². The zero-order valence-corrected chi connectivity index (χ0v) is 15.4. The van der Waals surface area contributed by atoms with Crippen LogP contribution in [0.15, 0.2) is 35.0 Å². The smallest absolute Gasteiger partial charge is 0.193 e. The van der Waals surface area contributed by atoms with Gasteiger partial charge in [0.2, 0.25) is 0 Å². The first-order chi connectivity index (χ1) is 12.7. The van der Waals surface area contributed by atoms with Gasteiger partial charge in [0.05, 0.1) is 11.2 Å². The highest BCUT2D eigenvalue weighted by molar-refractivity contribution is 7.08. The van der Waals surface area contributed by atoms with Crippen molar-refractivity contribution in [1.29, 1.82) is 0 Å². The SMILES string of the molecule is Nn1nc(C2CCN3CCCC3C2)c2cc(C(=O)c3ccsc3)ccc21. The molecule has 5 nitrogen and oxygen atoms in total. The van der Waals surface area contributed by atoms with E-state index >= 15 is 0 Å². The van der Waals surface area contributed by atoms with Gasteiger partial charge in [-0.25, -0.2) is 0 Å². The summed E-state index contributed by atoms with van der Waals surface area (Å²) in [7, 11) is 0. The van der Waals surface area contributed by atoms with E-state index in [1.165, 1.54) is 24.2 Å². The molecule has 2 atom stereocenters. The molecule has 0 saturated carbocycles. The second-order valence-corrected chi connectivity index (χ2v) is 8.24. The number of nitrogens with two attached hydrogens (primary N) is 1. The molecule has 5 rings (SSSR count). The predicted molar refractivity (Wildman–Crippen MR) is 104 cm³/mol. The first kappa shape index (κ1) is 16.0. The van der Waals surface area contributed by atoms with E-state index in [4.69, 9.17) is 5.84 Å². The van der Waals surface area contributed by atoms with Crippen LogP contribution < -0.4 is 5.84 Å². The fourth-order valence-electron chi connectivity index (χ4n) is 4.64. The zero-order chi connectivity index (χ0) is 17.7. The molecule has 26 heavy (non-hydrogen) atoms. The van der Waals surface area contributed by atoms with Crippen LogP contribution in [0, 0.1) is 0 Å². The summed E-state index contributed by atoms with van der Waals surface area (Å²) in [5.74, 6) is 6.61. The van der Waals surface area contributed by atoms with Crippen LogP contribution in [0.2, 0.25) is 0 Å². The Morgan fingerprint density at radius 3 is 2.96 bits per heavy atom. The minimum atomic E-state index is 0.0643. The summed E-state index contributed by atoms with van der Waals surface area (Å²) >= 11 is 1.54. The van der Waals surface area contributed by atoms with Crippen LogP contribution in [0.4, 0.5) is 0 Å². The van der Waals surface area contributed by atoms with Gasteiger partial charge in [-0.1, -0.05) is 0 Å². The highest BCUT2D eigenvalue weighted by atomic mass is 32.1. The van der Waals surface area contributed by atoms with E-state index in [1.807, 2.05) is 35.0 Å². The molecule has 2 aromatic heterocycles. The van der Waals surface area contributed by atoms with Gasteiger partial charge < -0.3 is 10.7 Å². The normalized spacial score (nSPS) is 23.4. The Kier molecular flexibility index (Phi) is 3.83. The topological polar surface area (TPSA) is 64.2 Å². The molecular weight excluding hydrogens is 344 g/mol. The Morgan fingerprint density at radius 2 is 2.12 bits per heavy atom. The highest BCUT2D eigenvalue weighted by Gasteiger charge is 2.34. The van der Waals surface area contributed by atoms with E-state index in [2.05, 4.69) is 10.00 Å². The predicted octanol–water partition coefficient (Wildman–Crippen LogP) is 3.38. The van der Waals surface area contributed by atoms with Gasteiger partial charge in [0.1, 0.15) is 0 Å². The van der Waals surface area contributed by atoms with E-state index < -0.39 is 0 Å². The summed E-state index contributed by atoms with van der Waals surface area (Å²) in [6.45, 7) is 2.38. The molecule has 0 aliphatic carbocycles. The number of hydrogen-bond donors (Lipinski definition) is 1. The van der Waals surface area contributed by atoms with Crippen molar-refractivity contribution in [3.63, 3.8) is 0 Å². The molecule has 4 heterocycles. The summed E-state index contributed by atoms with van der Waals surface area (Å²) in [6.07, 6.45) is 4.86. The summed E-state index contributed by atoms with van der Waals surface area (Å²) in [4.78, 5) is 16.8. The maximum absolute atomic E-state index is 12.7. The largest absolute Gasteiger partial charge is 0.323 e. The molecule has 2 saturated heterocycles. The third kappa shape index (κ3) is 2.56. The first-order valence-corrected chi connectivity index (χ1v) is 10.2. The maximum atomic E-state index is 12.7. The van der Waals surface area contributed by atoms with Gasteiger partial charge in [-0.05, 0) is 68.4 Å². The highest BCUT2D eigenvalue weighted by Crippen LogP contribution is 2.38. The van der Waals surface area contributed by atoms with E-state index in [-0.39, 0.29) is 5.78 Å². The van der Waals surface area contributed by atoms with Crippen LogP contribution >= 0.6 is 11.3 Å². The van der Waals surface area contributed by atoms with Gasteiger partial charge in [-0.2, -0.15) is 21.2 Å². The standard InChI is InChI=1S/C20H22N4OS/c21-24-18-4-3-14(20(25)15-6-9-26-12-15)11-17(18)19(22-24)13-5-8-23-7-1-2-16(23)10-13/h3-4,6,9,11-13,16H,1-2,5,7-8,10,21H2. The molecule has 2 aliphatic heterocycles. The van der Waals surface area contributed by atoms with Crippen LogP contribution in [-0.2, 0) is 0 Å². The summed E-state index contributed by atoms with van der Waals surface area (Å²) in [6, 6.07) is 8.33. The van der Waals surface area contributed by atoms with E-state index in [1.54, 1.807) is 11.3 Å². The van der Waals surface area contributed by atoms with Gasteiger partial charge in [0.15, 0.2) is 5.78 Å². The Labute approximate surface area is 156 Å². The van der Waals surface area contributed by atoms with Crippen LogP contribution in [0.25, 0.3) is 10.9 Å². The summed E-state index contributed by atoms with van der Waals surface area (Å²) < 4.78 is 0. The van der Waals surface area contributed by atoms with Gasteiger partial charge in [0.25, 0.3) is 0 Å². The molecule has 1 aromatic carbocycles. The molecule has 2 fully saturated rings. The lowest BCUT2D eigenvalue weighted by molar-refractivity contribution is 0.103. The molecule has 2 unspecified atom stereocenters. The summed E-state index contributed by atoms with van der Waals surface area (Å²) in [5, 5.41) is 9.52. The van der Waals surface area contributed by atoms with Crippen molar-refractivity contribution in [3.05, 3.63) is 51.8 Å². The van der Waals surface area contributed by atoms with Crippen molar-refractivity contribution in [2.45, 2.75) is 37.6 Å². The van der Waals surface area contributed by atoms with Crippen LogP contribution in [0.5, 0.6) is 0 Å². The molecular formula is C20H22N4OS. The number of piperidine rings is 1. The van der Waals surface area contributed by atoms with Crippen LogP contribution in [0.1, 0.15) is 53.2 Å². The Morgan fingerprint density at radius 1 is 1.19 bits per heavy atom. The number of rotatable bonds is 3. The van der Waals surface area contributed by atoms with Gasteiger partial charge in [0, 0.05) is 33.9 Å². The number of fused-ring (bicyclic) bond motifs is 2. The monoisotopic (exact) mass is 366 g/mol. The minimum absolute atomic E-state index is 0.0643. The lowest BCUT2D eigenvalue weighted by Gasteiger charge is -2.34. The molecule has 6 heteroatoms. The van der Waals surface area contributed by atoms with Crippen molar-refractivity contribution in [1.82, 2.24) is 14.8 Å². The van der Waals surface area contributed by atoms with E-state index in [0.717, 1.165) is 41.5 Å². The van der Waals surface area contributed by atoms with Crippen molar-refractivity contribution in [3.8, 4) is 0 Å². The molecule has 0 radical (unpaired) electrons. The number of carbonyl (C=O) groups excluding carboxylic acids is 1. The quantitative estimate of drug-likeness (QED) is 0.570. The number of ketones is 1. The van der Waals surface area contributed by atoms with Gasteiger partial charge in [-0.3, -0.25) is 4.79 Å². The number of hydrogen-bond acceptors (Lipinski definition) is 5. The van der Waals surface area contributed by atoms with Crippen LogP contribution in [-0.4, -0.2) is 39.7 Å². The molecule has 3 aromatic rings.